The molecule has 0 radical (unpaired) electrons. The van der Waals surface area contributed by atoms with Crippen LogP contribution in [0.5, 0.6) is 0 Å². The van der Waals surface area contributed by atoms with Gasteiger partial charge in [0.1, 0.15) is 11.9 Å². The van der Waals surface area contributed by atoms with Crippen molar-refractivity contribution in [3.63, 3.8) is 0 Å². The number of hydrogen-bond donors (Lipinski definition) is 4. The number of benzene rings is 2. The zero-order valence-electron chi connectivity index (χ0n) is 16.5. The predicted molar refractivity (Wildman–Crippen MR) is 113 cm³/mol. The highest BCUT2D eigenvalue weighted by Gasteiger charge is 2.22. The van der Waals surface area contributed by atoms with Crippen molar-refractivity contribution in [3.05, 3.63) is 66.0 Å². The molecule has 0 unspecified atom stereocenters. The third-order valence-electron chi connectivity index (χ3n) is 4.67. The highest BCUT2D eigenvalue weighted by molar-refractivity contribution is 6.08. The average Bonchev–Trinajstić information content (AvgIpc) is 2.75. The smallest absolute Gasteiger partial charge is 0.326 e. The van der Waals surface area contributed by atoms with Crippen molar-refractivity contribution in [1.82, 2.24) is 15.6 Å². The monoisotopic (exact) mass is 424 g/mol. The van der Waals surface area contributed by atoms with Crippen molar-refractivity contribution in [2.75, 3.05) is 6.54 Å². The normalized spacial score (nSPS) is 11.6. The summed E-state index contributed by atoms with van der Waals surface area (Å²) in [6.07, 6.45) is 0.424. The van der Waals surface area contributed by atoms with Crippen molar-refractivity contribution in [2.45, 2.75) is 18.9 Å². The van der Waals surface area contributed by atoms with Gasteiger partial charge in [-0.3, -0.25) is 4.79 Å². The first-order valence-electron chi connectivity index (χ1n) is 9.58. The number of carbonyl (C=O) groups is 3. The molecule has 0 aliphatic carbocycles. The number of nitrogens with two attached hydrogens (primary N) is 1. The van der Waals surface area contributed by atoms with E-state index in [1.807, 2.05) is 0 Å². The molecule has 160 valence electrons. The second kappa shape index (κ2) is 9.66. The zero-order chi connectivity index (χ0) is 22.4. The number of carbonyl (C=O) groups excluding carboxylic acids is 2. The number of aliphatic carboxylic acids is 1. The molecule has 0 saturated heterocycles. The fraction of sp³-hybridized carbons (Fsp3) is 0.182. The van der Waals surface area contributed by atoms with Crippen LogP contribution in [0.25, 0.3) is 22.2 Å². The third-order valence-corrected chi connectivity index (χ3v) is 4.67. The Hall–Kier alpha value is -4.01. The molecular weight excluding hydrogens is 403 g/mol. The van der Waals surface area contributed by atoms with Crippen LogP contribution in [0.4, 0.5) is 9.18 Å². The van der Waals surface area contributed by atoms with E-state index < -0.39 is 29.8 Å². The lowest BCUT2D eigenvalue weighted by atomic mass is 10.0. The van der Waals surface area contributed by atoms with E-state index in [1.54, 1.807) is 42.5 Å². The molecule has 3 amide bonds. The number of rotatable bonds is 8. The molecule has 2 aromatic carbocycles. The molecule has 8 nitrogen and oxygen atoms in total. The summed E-state index contributed by atoms with van der Waals surface area (Å²) >= 11 is 0. The molecule has 1 atom stereocenters. The van der Waals surface area contributed by atoms with E-state index in [1.165, 1.54) is 12.1 Å². The predicted octanol–water partition coefficient (Wildman–Crippen LogP) is 2.67. The van der Waals surface area contributed by atoms with Crippen molar-refractivity contribution in [3.8, 4) is 11.3 Å². The summed E-state index contributed by atoms with van der Waals surface area (Å²) in [5.41, 5.74) is 6.87. The van der Waals surface area contributed by atoms with Crippen LogP contribution in [0.3, 0.4) is 0 Å². The first kappa shape index (κ1) is 21.7. The van der Waals surface area contributed by atoms with Crippen molar-refractivity contribution < 1.29 is 23.9 Å². The Morgan fingerprint density at radius 1 is 1.10 bits per heavy atom. The van der Waals surface area contributed by atoms with E-state index in [4.69, 9.17) is 5.73 Å². The number of carboxylic acids is 1. The van der Waals surface area contributed by atoms with Crippen LogP contribution in [0.2, 0.25) is 0 Å². The Morgan fingerprint density at radius 3 is 2.48 bits per heavy atom. The maximum atomic E-state index is 13.3. The SMILES string of the molecule is NC(=O)NCCC[C@@H](NC(=O)c1cc(-c2ccc(F)cc2)nc2ccccc12)C(=O)O. The van der Waals surface area contributed by atoms with E-state index in [-0.39, 0.29) is 18.5 Å². The van der Waals surface area contributed by atoms with Gasteiger partial charge in [-0.15, -0.1) is 0 Å². The number of aromatic nitrogens is 1. The van der Waals surface area contributed by atoms with E-state index in [9.17, 15) is 23.9 Å². The molecule has 1 aromatic heterocycles. The molecule has 1 heterocycles. The van der Waals surface area contributed by atoms with Crippen LogP contribution in [0.1, 0.15) is 23.2 Å². The molecule has 0 bridgehead atoms. The van der Waals surface area contributed by atoms with Gasteiger partial charge in [-0.25, -0.2) is 19.0 Å². The van der Waals surface area contributed by atoms with Gasteiger partial charge < -0.3 is 21.5 Å². The van der Waals surface area contributed by atoms with Crippen LogP contribution in [0, 0.1) is 5.82 Å². The van der Waals surface area contributed by atoms with Gasteiger partial charge in [-0.05, 0) is 49.2 Å². The number of hydrogen-bond acceptors (Lipinski definition) is 4. The maximum Gasteiger partial charge on any atom is 0.326 e. The maximum absolute atomic E-state index is 13.3. The highest BCUT2D eigenvalue weighted by Crippen LogP contribution is 2.25. The van der Waals surface area contributed by atoms with Gasteiger partial charge in [0.2, 0.25) is 0 Å². The third kappa shape index (κ3) is 5.53. The molecule has 0 aliphatic rings. The van der Waals surface area contributed by atoms with Gasteiger partial charge in [0.15, 0.2) is 0 Å². The number of urea groups is 1. The minimum Gasteiger partial charge on any atom is -0.480 e. The number of fused-ring (bicyclic) bond motifs is 1. The summed E-state index contributed by atoms with van der Waals surface area (Å²) in [5.74, 6) is -2.15. The van der Waals surface area contributed by atoms with Crippen LogP contribution in [-0.4, -0.2) is 40.6 Å². The first-order chi connectivity index (χ1) is 14.8. The van der Waals surface area contributed by atoms with E-state index >= 15 is 0 Å². The number of primary amides is 1. The summed E-state index contributed by atoms with van der Waals surface area (Å²) in [6, 6.07) is 12.4. The molecule has 3 rings (SSSR count). The minimum atomic E-state index is -1.19. The Kier molecular flexibility index (Phi) is 6.76. The summed E-state index contributed by atoms with van der Waals surface area (Å²) < 4.78 is 13.3. The Bertz CT molecular complexity index is 1120. The first-order valence-corrected chi connectivity index (χ1v) is 9.58. The van der Waals surface area contributed by atoms with E-state index in [0.29, 0.717) is 28.6 Å². The van der Waals surface area contributed by atoms with Gasteiger partial charge in [-0.2, -0.15) is 0 Å². The number of nitrogens with one attached hydrogen (secondary N) is 2. The standard InChI is InChI=1S/C22H21FN4O4/c23-14-9-7-13(8-10-14)19-12-16(15-4-1-2-5-17(15)26-19)20(28)27-18(21(29)30)6-3-11-25-22(24)31/h1-2,4-5,7-10,12,18H,3,6,11H2,(H,27,28)(H,29,30)(H3,24,25,31)/t18-/m1/s1. The molecule has 3 aromatic rings. The van der Waals surface area contributed by atoms with Gasteiger partial charge in [0, 0.05) is 17.5 Å². The van der Waals surface area contributed by atoms with Crippen molar-refractivity contribution in [1.29, 1.82) is 0 Å². The van der Waals surface area contributed by atoms with Crippen LogP contribution in [-0.2, 0) is 4.79 Å². The minimum absolute atomic E-state index is 0.106. The second-order valence-corrected chi connectivity index (χ2v) is 6.88. The second-order valence-electron chi connectivity index (χ2n) is 6.88. The summed E-state index contributed by atoms with van der Waals surface area (Å²) in [6.45, 7) is 0.196. The quantitative estimate of drug-likeness (QED) is 0.413. The molecule has 0 saturated carbocycles. The molecule has 5 N–H and O–H groups in total. The van der Waals surface area contributed by atoms with E-state index in [0.717, 1.165) is 0 Å². The molecule has 0 spiro atoms. The molecule has 31 heavy (non-hydrogen) atoms. The van der Waals surface area contributed by atoms with Crippen LogP contribution in [0.15, 0.2) is 54.6 Å². The molecule has 0 aliphatic heterocycles. The lowest BCUT2D eigenvalue weighted by Gasteiger charge is -2.16. The number of carboxylic acid groups (broad SMARTS) is 1. The fourth-order valence-electron chi connectivity index (χ4n) is 3.14. The van der Waals surface area contributed by atoms with Gasteiger partial charge >= 0.3 is 12.0 Å². The topological polar surface area (TPSA) is 134 Å². The largest absolute Gasteiger partial charge is 0.480 e. The summed E-state index contributed by atoms with van der Waals surface area (Å²) in [4.78, 5) is 39.9. The Morgan fingerprint density at radius 2 is 1.81 bits per heavy atom. The molecule has 9 heteroatoms. The Balaban J connectivity index is 1.88. The number of amides is 3. The van der Waals surface area contributed by atoms with Crippen molar-refractivity contribution >= 4 is 28.8 Å². The van der Waals surface area contributed by atoms with E-state index in [2.05, 4.69) is 15.6 Å². The lowest BCUT2D eigenvalue weighted by molar-refractivity contribution is -0.139. The van der Waals surface area contributed by atoms with Crippen LogP contribution >= 0.6 is 0 Å². The lowest BCUT2D eigenvalue weighted by Crippen LogP contribution is -2.41. The highest BCUT2D eigenvalue weighted by atomic mass is 19.1. The summed E-state index contributed by atoms with van der Waals surface area (Å²) in [5, 5.41) is 14.9. The summed E-state index contributed by atoms with van der Waals surface area (Å²) in [7, 11) is 0. The molecule has 0 fully saturated rings. The Labute approximate surface area is 177 Å². The van der Waals surface area contributed by atoms with Crippen molar-refractivity contribution in [2.24, 2.45) is 5.73 Å². The van der Waals surface area contributed by atoms with Gasteiger partial charge in [0.05, 0.1) is 16.8 Å². The number of halogens is 1. The zero-order valence-corrected chi connectivity index (χ0v) is 16.5. The molecular formula is C22H21FN4O4. The number of para-hydroxylation sites is 1. The average molecular weight is 424 g/mol. The fourth-order valence-corrected chi connectivity index (χ4v) is 3.14. The van der Waals surface area contributed by atoms with Crippen LogP contribution < -0.4 is 16.4 Å². The number of pyridine rings is 1. The number of nitrogens with zero attached hydrogens (tertiary/aromatic N) is 1. The van der Waals surface area contributed by atoms with Gasteiger partial charge in [-0.1, -0.05) is 18.2 Å². The van der Waals surface area contributed by atoms with Gasteiger partial charge in [0.25, 0.3) is 5.91 Å².